The third-order valence-electron chi connectivity index (χ3n) is 3.37. The summed E-state index contributed by atoms with van der Waals surface area (Å²) in [4.78, 5) is 4.01. The van der Waals surface area contributed by atoms with Crippen LogP contribution in [-0.2, 0) is 0 Å². The van der Waals surface area contributed by atoms with Crippen LogP contribution in [0.15, 0.2) is 47.2 Å². The van der Waals surface area contributed by atoms with Gasteiger partial charge in [0.05, 0.1) is 12.7 Å². The Bertz CT molecular complexity index is 766. The van der Waals surface area contributed by atoms with E-state index in [4.69, 9.17) is 15.0 Å². The quantitative estimate of drug-likeness (QED) is 0.797. The van der Waals surface area contributed by atoms with Crippen LogP contribution >= 0.6 is 0 Å². The number of nitrogen functional groups attached to an aromatic ring is 1. The number of pyridine rings is 1. The molecule has 3 rings (SSSR count). The fourth-order valence-corrected chi connectivity index (χ4v) is 2.26. The monoisotopic (exact) mass is 281 g/mol. The van der Waals surface area contributed by atoms with Gasteiger partial charge in [-0.05, 0) is 36.2 Å². The lowest BCUT2D eigenvalue weighted by atomic mass is 10.0. The first-order valence-electron chi connectivity index (χ1n) is 6.51. The molecule has 0 bridgehead atoms. The number of aromatic nitrogens is 2. The fourth-order valence-electron chi connectivity index (χ4n) is 2.26. The van der Waals surface area contributed by atoms with Gasteiger partial charge in [0.1, 0.15) is 11.4 Å². The van der Waals surface area contributed by atoms with Gasteiger partial charge in [-0.3, -0.25) is 4.98 Å². The lowest BCUT2D eigenvalue weighted by molar-refractivity contribution is 0.411. The fraction of sp³-hybridized carbons (Fsp3) is 0.125. The van der Waals surface area contributed by atoms with Crippen LogP contribution in [0.4, 0.5) is 5.88 Å². The smallest absolute Gasteiger partial charge is 0.230 e. The highest BCUT2D eigenvalue weighted by Crippen LogP contribution is 2.37. The normalized spacial score (nSPS) is 10.6. The minimum atomic E-state index is 0.288. The van der Waals surface area contributed by atoms with Crippen LogP contribution in [0.5, 0.6) is 5.75 Å². The molecule has 0 saturated carbocycles. The van der Waals surface area contributed by atoms with E-state index in [0.717, 1.165) is 28.0 Å². The van der Waals surface area contributed by atoms with Crippen molar-refractivity contribution >= 4 is 5.88 Å². The van der Waals surface area contributed by atoms with Gasteiger partial charge in [0, 0.05) is 18.0 Å². The second kappa shape index (κ2) is 5.28. The molecule has 5 heteroatoms. The van der Waals surface area contributed by atoms with Crippen molar-refractivity contribution in [3.8, 4) is 28.1 Å². The Kier molecular flexibility index (Phi) is 3.31. The van der Waals surface area contributed by atoms with Crippen LogP contribution in [0.2, 0.25) is 0 Å². The summed E-state index contributed by atoms with van der Waals surface area (Å²) in [6, 6.07) is 9.63. The van der Waals surface area contributed by atoms with Gasteiger partial charge in [0.25, 0.3) is 0 Å². The summed E-state index contributed by atoms with van der Waals surface area (Å²) in [7, 11) is 1.65. The summed E-state index contributed by atoms with van der Waals surface area (Å²) in [6.45, 7) is 1.99. The van der Waals surface area contributed by atoms with Crippen LogP contribution in [0.1, 0.15) is 5.56 Å². The zero-order chi connectivity index (χ0) is 14.8. The number of hydrogen-bond acceptors (Lipinski definition) is 5. The van der Waals surface area contributed by atoms with Gasteiger partial charge < -0.3 is 15.0 Å². The van der Waals surface area contributed by atoms with E-state index in [1.165, 1.54) is 0 Å². The van der Waals surface area contributed by atoms with E-state index in [0.29, 0.717) is 5.69 Å². The topological polar surface area (TPSA) is 74.2 Å². The molecule has 0 unspecified atom stereocenters. The van der Waals surface area contributed by atoms with Gasteiger partial charge in [-0.2, -0.15) is 0 Å². The molecular formula is C16H15N3O2. The zero-order valence-corrected chi connectivity index (χ0v) is 11.8. The molecule has 0 radical (unpaired) electrons. The Labute approximate surface area is 122 Å². The first-order valence-corrected chi connectivity index (χ1v) is 6.51. The van der Waals surface area contributed by atoms with E-state index >= 15 is 0 Å². The number of hydrogen-bond donors (Lipinski definition) is 1. The molecule has 3 aromatic rings. The number of anilines is 1. The van der Waals surface area contributed by atoms with Crippen molar-refractivity contribution in [1.29, 1.82) is 0 Å². The van der Waals surface area contributed by atoms with E-state index in [-0.39, 0.29) is 5.88 Å². The molecule has 0 fully saturated rings. The maximum Gasteiger partial charge on any atom is 0.230 e. The van der Waals surface area contributed by atoms with E-state index in [9.17, 15) is 0 Å². The Morgan fingerprint density at radius 3 is 2.57 bits per heavy atom. The lowest BCUT2D eigenvalue weighted by Gasteiger charge is -2.07. The first kappa shape index (κ1) is 13.2. The number of benzene rings is 1. The first-order chi connectivity index (χ1) is 10.2. The average molecular weight is 281 g/mol. The molecule has 2 heterocycles. The van der Waals surface area contributed by atoms with Gasteiger partial charge in [0.15, 0.2) is 0 Å². The summed E-state index contributed by atoms with van der Waals surface area (Å²) in [5.41, 5.74) is 10.3. The van der Waals surface area contributed by atoms with E-state index in [1.54, 1.807) is 19.5 Å². The van der Waals surface area contributed by atoms with Crippen molar-refractivity contribution in [1.82, 2.24) is 10.1 Å². The molecule has 0 saturated heterocycles. The van der Waals surface area contributed by atoms with E-state index < -0.39 is 0 Å². The largest absolute Gasteiger partial charge is 0.496 e. The second-order valence-corrected chi connectivity index (χ2v) is 4.69. The predicted octanol–water partition coefficient (Wildman–Crippen LogP) is 3.30. The Hall–Kier alpha value is -2.82. The average Bonchev–Trinajstić information content (AvgIpc) is 2.90. The van der Waals surface area contributed by atoms with Gasteiger partial charge >= 0.3 is 0 Å². The maximum atomic E-state index is 5.93. The molecule has 0 atom stereocenters. The number of nitrogens with two attached hydrogens (primary N) is 1. The molecule has 5 nitrogen and oxygen atoms in total. The Balaban J connectivity index is 2.17. The SMILES string of the molecule is COc1cc(-c2noc(N)c2-c2ccncc2)ccc1C. The van der Waals surface area contributed by atoms with Gasteiger partial charge in [-0.1, -0.05) is 17.3 Å². The summed E-state index contributed by atoms with van der Waals surface area (Å²) in [5.74, 6) is 1.09. The number of aryl methyl sites for hydroxylation is 1. The molecule has 106 valence electrons. The molecule has 21 heavy (non-hydrogen) atoms. The molecule has 0 aliphatic carbocycles. The third-order valence-corrected chi connectivity index (χ3v) is 3.37. The molecule has 2 aromatic heterocycles. The number of ether oxygens (including phenoxy) is 1. The minimum absolute atomic E-state index is 0.288. The van der Waals surface area contributed by atoms with Gasteiger partial charge in [-0.15, -0.1) is 0 Å². The van der Waals surface area contributed by atoms with Crippen molar-refractivity contribution in [3.63, 3.8) is 0 Å². The van der Waals surface area contributed by atoms with Crippen molar-refractivity contribution in [2.75, 3.05) is 12.8 Å². The summed E-state index contributed by atoms with van der Waals surface area (Å²) in [6.07, 6.45) is 3.42. The molecule has 0 aliphatic heterocycles. The van der Waals surface area contributed by atoms with E-state index in [1.807, 2.05) is 37.3 Å². The Morgan fingerprint density at radius 2 is 1.86 bits per heavy atom. The van der Waals surface area contributed by atoms with Crippen molar-refractivity contribution in [2.45, 2.75) is 6.92 Å². The van der Waals surface area contributed by atoms with Crippen molar-refractivity contribution < 1.29 is 9.26 Å². The van der Waals surface area contributed by atoms with Crippen LogP contribution in [0, 0.1) is 6.92 Å². The van der Waals surface area contributed by atoms with Gasteiger partial charge in [-0.25, -0.2) is 0 Å². The molecule has 2 N–H and O–H groups in total. The zero-order valence-electron chi connectivity index (χ0n) is 11.8. The van der Waals surface area contributed by atoms with Crippen molar-refractivity contribution in [2.24, 2.45) is 0 Å². The number of methoxy groups -OCH3 is 1. The molecular weight excluding hydrogens is 266 g/mol. The highest BCUT2D eigenvalue weighted by molar-refractivity contribution is 5.87. The number of rotatable bonds is 3. The second-order valence-electron chi connectivity index (χ2n) is 4.69. The predicted molar refractivity (Wildman–Crippen MR) is 80.9 cm³/mol. The standard InChI is InChI=1S/C16H15N3O2/c1-10-3-4-12(9-13(10)20-2)15-14(16(17)21-19-15)11-5-7-18-8-6-11/h3-9H,17H2,1-2H3. The molecule has 0 spiro atoms. The lowest BCUT2D eigenvalue weighted by Crippen LogP contribution is -1.90. The summed E-state index contributed by atoms with van der Waals surface area (Å²) >= 11 is 0. The van der Waals surface area contributed by atoms with E-state index in [2.05, 4.69) is 10.1 Å². The molecule has 0 amide bonds. The molecule has 0 aliphatic rings. The van der Waals surface area contributed by atoms with Crippen LogP contribution in [0.3, 0.4) is 0 Å². The highest BCUT2D eigenvalue weighted by atomic mass is 16.5. The van der Waals surface area contributed by atoms with Crippen LogP contribution in [-0.4, -0.2) is 17.3 Å². The minimum Gasteiger partial charge on any atom is -0.496 e. The Morgan fingerprint density at radius 1 is 1.10 bits per heavy atom. The van der Waals surface area contributed by atoms with Crippen LogP contribution in [0.25, 0.3) is 22.4 Å². The number of nitrogens with zero attached hydrogens (tertiary/aromatic N) is 2. The summed E-state index contributed by atoms with van der Waals surface area (Å²) < 4.78 is 10.5. The molecule has 1 aromatic carbocycles. The third kappa shape index (κ3) is 2.33. The van der Waals surface area contributed by atoms with Crippen LogP contribution < -0.4 is 10.5 Å². The van der Waals surface area contributed by atoms with Gasteiger partial charge in [0.2, 0.25) is 5.88 Å². The highest BCUT2D eigenvalue weighted by Gasteiger charge is 2.18. The maximum absolute atomic E-state index is 5.93. The van der Waals surface area contributed by atoms with Crippen molar-refractivity contribution in [3.05, 3.63) is 48.3 Å². The summed E-state index contributed by atoms with van der Waals surface area (Å²) in [5, 5.41) is 4.09.